The topological polar surface area (TPSA) is 34.1 Å². The third kappa shape index (κ3) is 5.68. The molecule has 0 aliphatic heterocycles. The lowest BCUT2D eigenvalue weighted by atomic mass is 10.9. The van der Waals surface area contributed by atoms with Crippen LogP contribution in [0.1, 0.15) is 0 Å². The first kappa shape index (κ1) is 7.68. The van der Waals surface area contributed by atoms with Crippen LogP contribution in [0, 0.1) is 0 Å². The fraction of sp³-hybridized carbons (Fsp3) is 0. The van der Waals surface area contributed by atoms with E-state index in [1.807, 2.05) is 0 Å². The van der Waals surface area contributed by atoms with Gasteiger partial charge in [-0.15, -0.1) is 0 Å². The number of rotatable bonds is 3. The molecule has 0 amide bonds. The van der Waals surface area contributed by atoms with Gasteiger partial charge in [-0.2, -0.15) is 0 Å². The van der Waals surface area contributed by atoms with Crippen LogP contribution in [0.3, 0.4) is 0 Å². The molecular formula is C4H4O2P2. The molecule has 0 aromatic rings. The molecule has 42 valence electrons. The summed E-state index contributed by atoms with van der Waals surface area (Å²) in [7, 11) is 1.70. The van der Waals surface area contributed by atoms with Gasteiger partial charge in [0.25, 0.3) is 0 Å². The Morgan fingerprint density at radius 2 is 1.25 bits per heavy atom. The van der Waals surface area contributed by atoms with Crippen LogP contribution in [0.25, 0.3) is 0 Å². The summed E-state index contributed by atoms with van der Waals surface area (Å²) in [6, 6.07) is 0. The summed E-state index contributed by atoms with van der Waals surface area (Å²) in [4.78, 5) is 19.2. The second-order valence-corrected chi connectivity index (χ2v) is 3.25. The van der Waals surface area contributed by atoms with E-state index in [0.717, 1.165) is 15.8 Å². The van der Waals surface area contributed by atoms with Gasteiger partial charge in [-0.25, -0.2) is 0 Å². The van der Waals surface area contributed by atoms with Crippen molar-refractivity contribution in [1.29, 1.82) is 0 Å². The molecule has 8 heavy (non-hydrogen) atoms. The van der Waals surface area contributed by atoms with Gasteiger partial charge in [0.1, 0.15) is 12.6 Å². The average Bonchev–Trinajstić information content (AvgIpc) is 1.81. The standard InChI is InChI=1S/C4H4O2P2/c5-1-3-7-8-4-2-6/h1-4H. The van der Waals surface area contributed by atoms with Gasteiger partial charge in [0.2, 0.25) is 0 Å². The maximum atomic E-state index is 9.60. The molecule has 2 nitrogen and oxygen atoms in total. The molecule has 0 bridgehead atoms. The lowest BCUT2D eigenvalue weighted by Gasteiger charge is -1.60. The molecule has 0 fully saturated rings. The molecule has 0 rings (SSSR count). The van der Waals surface area contributed by atoms with Crippen LogP contribution in [0.4, 0.5) is 0 Å². The fourth-order valence-corrected chi connectivity index (χ4v) is 1.18. The Morgan fingerprint density at radius 1 is 0.875 bits per heavy atom. The van der Waals surface area contributed by atoms with Crippen molar-refractivity contribution in [1.82, 2.24) is 0 Å². The summed E-state index contributed by atoms with van der Waals surface area (Å²) in [5.74, 6) is 2.89. The maximum absolute atomic E-state index is 9.60. The van der Waals surface area contributed by atoms with Crippen molar-refractivity contribution in [3.63, 3.8) is 0 Å². The van der Waals surface area contributed by atoms with Crippen LogP contribution in [0.15, 0.2) is 0 Å². The van der Waals surface area contributed by atoms with Gasteiger partial charge in [0, 0.05) is 11.6 Å². The van der Waals surface area contributed by atoms with E-state index in [2.05, 4.69) is 0 Å². The Hall–Kier alpha value is -0.320. The quantitative estimate of drug-likeness (QED) is 0.435. The van der Waals surface area contributed by atoms with Crippen molar-refractivity contribution in [3.05, 3.63) is 0 Å². The molecular weight excluding hydrogens is 142 g/mol. The lowest BCUT2D eigenvalue weighted by Crippen LogP contribution is -1.62. The Balaban J connectivity index is 3.41. The Morgan fingerprint density at radius 3 is 1.50 bits per heavy atom. The molecule has 0 N–H and O–H groups in total. The number of hydrogen-bond acceptors (Lipinski definition) is 2. The highest BCUT2D eigenvalue weighted by Gasteiger charge is 1.61. The lowest BCUT2D eigenvalue weighted by molar-refractivity contribution is -0.103. The first-order chi connectivity index (χ1) is 3.91. The number of carbonyl (C=O) groups is 2. The van der Waals surface area contributed by atoms with E-state index in [0.29, 0.717) is 12.6 Å². The van der Waals surface area contributed by atoms with Crippen molar-refractivity contribution in [2.24, 2.45) is 0 Å². The Labute approximate surface area is 50.4 Å². The van der Waals surface area contributed by atoms with Crippen molar-refractivity contribution in [2.75, 3.05) is 0 Å². The minimum atomic E-state index is 0.715. The largest absolute Gasteiger partial charge is 0.298 e. The van der Waals surface area contributed by atoms with Gasteiger partial charge in [0.15, 0.2) is 0 Å². The summed E-state index contributed by atoms with van der Waals surface area (Å²) in [5, 5.41) is 0. The van der Waals surface area contributed by atoms with Crippen molar-refractivity contribution in [2.45, 2.75) is 0 Å². The monoisotopic (exact) mass is 146 g/mol. The minimum Gasteiger partial charge on any atom is -0.298 e. The summed E-state index contributed by atoms with van der Waals surface area (Å²) in [5.41, 5.74) is 0. The van der Waals surface area contributed by atoms with E-state index >= 15 is 0 Å². The predicted molar refractivity (Wildman–Crippen MR) is 38.1 cm³/mol. The van der Waals surface area contributed by atoms with Gasteiger partial charge >= 0.3 is 0 Å². The van der Waals surface area contributed by atoms with Gasteiger partial charge < -0.3 is 0 Å². The van der Waals surface area contributed by atoms with Crippen LogP contribution in [-0.2, 0) is 9.59 Å². The molecule has 4 heteroatoms. The normalized spacial score (nSPS) is 10.5. The molecule has 0 aromatic heterocycles. The fourth-order valence-electron chi connectivity index (χ4n) is 0.131. The predicted octanol–water partition coefficient (Wildman–Crippen LogP) is 0.796. The summed E-state index contributed by atoms with van der Waals surface area (Å²) < 4.78 is 0. The second kappa shape index (κ2) is 6.68. The summed E-state index contributed by atoms with van der Waals surface area (Å²) >= 11 is 0. The molecule has 0 aromatic carbocycles. The molecule has 0 saturated heterocycles. The first-order valence-electron chi connectivity index (χ1n) is 1.85. The van der Waals surface area contributed by atoms with E-state index in [1.54, 1.807) is 0 Å². The third-order valence-electron chi connectivity index (χ3n) is 0.322. The SMILES string of the molecule is O=CC=PP=CC=O. The summed E-state index contributed by atoms with van der Waals surface area (Å²) in [6.45, 7) is 0. The van der Waals surface area contributed by atoms with Gasteiger partial charge in [-0.1, -0.05) is 0 Å². The van der Waals surface area contributed by atoms with Crippen molar-refractivity contribution < 1.29 is 9.59 Å². The number of carbonyl (C=O) groups excluding carboxylic acids is 2. The molecule has 0 aliphatic carbocycles. The number of aldehydes is 2. The molecule has 0 atom stereocenters. The van der Waals surface area contributed by atoms with E-state index in [4.69, 9.17) is 0 Å². The molecule has 0 radical (unpaired) electrons. The van der Waals surface area contributed by atoms with Crippen molar-refractivity contribution >= 4 is 40.0 Å². The van der Waals surface area contributed by atoms with E-state index in [1.165, 1.54) is 11.6 Å². The van der Waals surface area contributed by atoms with Crippen LogP contribution in [0.2, 0.25) is 0 Å². The smallest absolute Gasteiger partial charge is 0.147 e. The Bertz CT molecular complexity index is 112. The van der Waals surface area contributed by atoms with Gasteiger partial charge in [-0.3, -0.25) is 9.59 Å². The minimum absolute atomic E-state index is 0.715. The van der Waals surface area contributed by atoms with Crippen molar-refractivity contribution in [3.8, 4) is 0 Å². The molecule has 0 saturated carbocycles. The molecule has 0 heterocycles. The van der Waals surface area contributed by atoms with E-state index < -0.39 is 0 Å². The molecule has 0 aliphatic rings. The highest BCUT2D eigenvalue weighted by molar-refractivity contribution is 8.10. The van der Waals surface area contributed by atoms with Crippen LogP contribution < -0.4 is 0 Å². The highest BCUT2D eigenvalue weighted by Crippen LogP contribution is 2.12. The first-order valence-corrected chi connectivity index (χ1v) is 4.49. The second-order valence-electron chi connectivity index (χ2n) is 0.801. The average molecular weight is 146 g/mol. The molecule has 0 spiro atoms. The van der Waals surface area contributed by atoms with Gasteiger partial charge in [0.05, 0.1) is 0 Å². The maximum Gasteiger partial charge on any atom is 0.147 e. The zero-order valence-corrected chi connectivity index (χ0v) is 5.81. The van der Waals surface area contributed by atoms with E-state index in [9.17, 15) is 9.59 Å². The van der Waals surface area contributed by atoms with Crippen LogP contribution >= 0.6 is 15.8 Å². The zero-order valence-electron chi connectivity index (χ0n) is 4.02. The van der Waals surface area contributed by atoms with Crippen LogP contribution in [-0.4, -0.2) is 24.2 Å². The van der Waals surface area contributed by atoms with Crippen LogP contribution in [0.5, 0.6) is 0 Å². The molecule has 0 unspecified atom stereocenters. The van der Waals surface area contributed by atoms with Gasteiger partial charge in [-0.05, 0) is 15.8 Å². The van der Waals surface area contributed by atoms with E-state index in [-0.39, 0.29) is 0 Å². The summed E-state index contributed by atoms with van der Waals surface area (Å²) in [6.07, 6.45) is 1.43. The number of hydrogen-bond donors (Lipinski definition) is 0. The Kier molecular flexibility index (Phi) is 6.41. The highest BCUT2D eigenvalue weighted by atomic mass is 32.0. The third-order valence-corrected chi connectivity index (χ3v) is 2.17. The zero-order chi connectivity index (χ0) is 6.24.